The SMILES string of the molecule is COc1ccc(OC(=O)C(CO)c2cccc3ccccc23)cc1. The molecular formula is C20H18O4. The number of esters is 1. The van der Waals surface area contributed by atoms with E-state index in [4.69, 9.17) is 9.47 Å². The van der Waals surface area contributed by atoms with Crippen molar-refractivity contribution in [1.82, 2.24) is 0 Å². The third-order valence-corrected chi connectivity index (χ3v) is 3.94. The molecule has 3 rings (SSSR count). The second-order valence-electron chi connectivity index (χ2n) is 5.40. The van der Waals surface area contributed by atoms with Crippen LogP contribution in [0.15, 0.2) is 66.7 Å². The van der Waals surface area contributed by atoms with Crippen LogP contribution in [-0.4, -0.2) is 24.8 Å². The summed E-state index contributed by atoms with van der Waals surface area (Å²) in [5.74, 6) is -0.126. The molecule has 0 aromatic heterocycles. The van der Waals surface area contributed by atoms with Gasteiger partial charge in [-0.2, -0.15) is 0 Å². The Morgan fingerprint density at radius 3 is 2.33 bits per heavy atom. The van der Waals surface area contributed by atoms with Crippen LogP contribution in [0.25, 0.3) is 10.8 Å². The van der Waals surface area contributed by atoms with Crippen molar-refractivity contribution < 1.29 is 19.4 Å². The molecule has 4 nitrogen and oxygen atoms in total. The minimum absolute atomic E-state index is 0.316. The Hall–Kier alpha value is -2.85. The summed E-state index contributed by atoms with van der Waals surface area (Å²) in [5.41, 5.74) is 0.758. The first-order valence-electron chi connectivity index (χ1n) is 7.67. The van der Waals surface area contributed by atoms with E-state index < -0.39 is 11.9 Å². The lowest BCUT2D eigenvalue weighted by Gasteiger charge is -2.16. The lowest BCUT2D eigenvalue weighted by atomic mass is 9.94. The summed E-state index contributed by atoms with van der Waals surface area (Å²) in [5, 5.41) is 11.7. The summed E-state index contributed by atoms with van der Waals surface area (Å²) in [6, 6.07) is 20.2. The fourth-order valence-electron chi connectivity index (χ4n) is 2.69. The zero-order chi connectivity index (χ0) is 16.9. The number of methoxy groups -OCH3 is 1. The summed E-state index contributed by atoms with van der Waals surface area (Å²) in [7, 11) is 1.57. The number of aliphatic hydroxyl groups excluding tert-OH is 1. The number of ether oxygens (including phenoxy) is 2. The van der Waals surface area contributed by atoms with E-state index in [0.29, 0.717) is 11.5 Å². The Kier molecular flexibility index (Phi) is 4.77. The van der Waals surface area contributed by atoms with Gasteiger partial charge in [-0.3, -0.25) is 4.79 Å². The molecule has 0 aliphatic rings. The highest BCUT2D eigenvalue weighted by Crippen LogP contribution is 2.27. The fourth-order valence-corrected chi connectivity index (χ4v) is 2.69. The maximum absolute atomic E-state index is 12.5. The molecule has 1 atom stereocenters. The highest BCUT2D eigenvalue weighted by atomic mass is 16.5. The molecule has 0 amide bonds. The highest BCUT2D eigenvalue weighted by molar-refractivity contribution is 5.91. The van der Waals surface area contributed by atoms with Crippen LogP contribution in [0.4, 0.5) is 0 Å². The van der Waals surface area contributed by atoms with Gasteiger partial charge in [0.25, 0.3) is 0 Å². The van der Waals surface area contributed by atoms with Gasteiger partial charge in [0, 0.05) is 0 Å². The highest BCUT2D eigenvalue weighted by Gasteiger charge is 2.23. The Labute approximate surface area is 140 Å². The van der Waals surface area contributed by atoms with E-state index in [1.807, 2.05) is 42.5 Å². The van der Waals surface area contributed by atoms with Crippen LogP contribution in [0.5, 0.6) is 11.5 Å². The molecule has 0 aliphatic carbocycles. The van der Waals surface area contributed by atoms with E-state index >= 15 is 0 Å². The van der Waals surface area contributed by atoms with Crippen molar-refractivity contribution in [3.8, 4) is 11.5 Å². The molecule has 0 heterocycles. The largest absolute Gasteiger partial charge is 0.497 e. The third-order valence-electron chi connectivity index (χ3n) is 3.94. The number of rotatable bonds is 5. The monoisotopic (exact) mass is 322 g/mol. The zero-order valence-electron chi connectivity index (χ0n) is 13.3. The molecule has 0 aliphatic heterocycles. The first-order valence-corrected chi connectivity index (χ1v) is 7.67. The minimum atomic E-state index is -0.738. The van der Waals surface area contributed by atoms with Crippen LogP contribution in [0.2, 0.25) is 0 Å². The summed E-state index contributed by atoms with van der Waals surface area (Å²) in [6.07, 6.45) is 0. The molecule has 1 unspecified atom stereocenters. The summed E-state index contributed by atoms with van der Waals surface area (Å²) in [6.45, 7) is -0.316. The Bertz CT molecular complexity index is 834. The first kappa shape index (κ1) is 16.0. The van der Waals surface area contributed by atoms with Crippen LogP contribution < -0.4 is 9.47 Å². The van der Waals surface area contributed by atoms with E-state index in [1.54, 1.807) is 31.4 Å². The van der Waals surface area contributed by atoms with Gasteiger partial charge in [0.05, 0.1) is 13.7 Å². The molecule has 24 heavy (non-hydrogen) atoms. The number of hydrogen-bond donors (Lipinski definition) is 1. The molecule has 0 spiro atoms. The minimum Gasteiger partial charge on any atom is -0.497 e. The van der Waals surface area contributed by atoms with Crippen LogP contribution in [0, 0.1) is 0 Å². The number of benzene rings is 3. The van der Waals surface area contributed by atoms with Crippen LogP contribution in [0.3, 0.4) is 0 Å². The summed E-state index contributed by atoms with van der Waals surface area (Å²) in [4.78, 5) is 12.5. The molecule has 122 valence electrons. The van der Waals surface area contributed by atoms with Crippen LogP contribution in [-0.2, 0) is 4.79 Å². The maximum atomic E-state index is 12.5. The molecular weight excluding hydrogens is 304 g/mol. The maximum Gasteiger partial charge on any atom is 0.321 e. The molecule has 0 fully saturated rings. The van der Waals surface area contributed by atoms with E-state index in [0.717, 1.165) is 16.3 Å². The van der Waals surface area contributed by atoms with Crippen molar-refractivity contribution in [2.75, 3.05) is 13.7 Å². The summed E-state index contributed by atoms with van der Waals surface area (Å²) >= 11 is 0. The van der Waals surface area contributed by atoms with Gasteiger partial charge in [-0.1, -0.05) is 42.5 Å². The molecule has 3 aromatic rings. The van der Waals surface area contributed by atoms with Crippen molar-refractivity contribution in [2.24, 2.45) is 0 Å². The van der Waals surface area contributed by atoms with E-state index in [1.165, 1.54) is 0 Å². The quantitative estimate of drug-likeness (QED) is 0.577. The van der Waals surface area contributed by atoms with Crippen molar-refractivity contribution in [3.05, 3.63) is 72.3 Å². The number of carbonyl (C=O) groups is 1. The fraction of sp³-hybridized carbons (Fsp3) is 0.150. The van der Waals surface area contributed by atoms with Gasteiger partial charge < -0.3 is 14.6 Å². The van der Waals surface area contributed by atoms with Crippen molar-refractivity contribution in [1.29, 1.82) is 0 Å². The normalized spacial score (nSPS) is 11.9. The van der Waals surface area contributed by atoms with Gasteiger partial charge in [0.15, 0.2) is 0 Å². The van der Waals surface area contributed by atoms with E-state index in [9.17, 15) is 9.90 Å². The number of hydrogen-bond acceptors (Lipinski definition) is 4. The number of fused-ring (bicyclic) bond motifs is 1. The standard InChI is InChI=1S/C20H18O4/c1-23-15-9-11-16(12-10-15)24-20(22)19(13-21)18-8-4-6-14-5-2-3-7-17(14)18/h2-12,19,21H,13H2,1H3. The molecule has 1 N–H and O–H groups in total. The number of carbonyl (C=O) groups excluding carboxylic acids is 1. The Morgan fingerprint density at radius 2 is 1.62 bits per heavy atom. The lowest BCUT2D eigenvalue weighted by Crippen LogP contribution is -2.22. The smallest absolute Gasteiger partial charge is 0.321 e. The Balaban J connectivity index is 1.88. The predicted octanol–water partition coefficient (Wildman–Crippen LogP) is 3.53. The average molecular weight is 322 g/mol. The molecule has 0 radical (unpaired) electrons. The third kappa shape index (κ3) is 3.24. The van der Waals surface area contributed by atoms with Gasteiger partial charge in [-0.15, -0.1) is 0 Å². The predicted molar refractivity (Wildman–Crippen MR) is 92.4 cm³/mol. The second-order valence-corrected chi connectivity index (χ2v) is 5.40. The summed E-state index contributed by atoms with van der Waals surface area (Å²) < 4.78 is 10.5. The molecule has 3 aromatic carbocycles. The van der Waals surface area contributed by atoms with Crippen molar-refractivity contribution in [2.45, 2.75) is 5.92 Å². The van der Waals surface area contributed by atoms with E-state index in [-0.39, 0.29) is 6.61 Å². The topological polar surface area (TPSA) is 55.8 Å². The van der Waals surface area contributed by atoms with E-state index in [2.05, 4.69) is 0 Å². The molecule has 4 heteroatoms. The van der Waals surface area contributed by atoms with Crippen molar-refractivity contribution >= 4 is 16.7 Å². The molecule has 0 saturated heterocycles. The molecule has 0 bridgehead atoms. The van der Waals surface area contributed by atoms with Crippen LogP contribution in [0.1, 0.15) is 11.5 Å². The van der Waals surface area contributed by atoms with Gasteiger partial charge >= 0.3 is 5.97 Å². The van der Waals surface area contributed by atoms with Crippen molar-refractivity contribution in [3.63, 3.8) is 0 Å². The van der Waals surface area contributed by atoms with Gasteiger partial charge in [-0.05, 0) is 40.6 Å². The number of aliphatic hydroxyl groups is 1. The van der Waals surface area contributed by atoms with Gasteiger partial charge in [-0.25, -0.2) is 0 Å². The first-order chi connectivity index (χ1) is 11.7. The second kappa shape index (κ2) is 7.15. The lowest BCUT2D eigenvalue weighted by molar-refractivity contribution is -0.137. The van der Waals surface area contributed by atoms with Crippen LogP contribution >= 0.6 is 0 Å². The average Bonchev–Trinajstić information content (AvgIpc) is 2.63. The zero-order valence-corrected chi connectivity index (χ0v) is 13.3. The Morgan fingerprint density at radius 1 is 0.958 bits per heavy atom. The van der Waals surface area contributed by atoms with Gasteiger partial charge in [0.2, 0.25) is 0 Å². The molecule has 0 saturated carbocycles. The van der Waals surface area contributed by atoms with Gasteiger partial charge in [0.1, 0.15) is 17.4 Å².